The summed E-state index contributed by atoms with van der Waals surface area (Å²) in [4.78, 5) is 10.4. The molecular weight excluding hydrogens is 156 g/mol. The van der Waals surface area contributed by atoms with Crippen LogP contribution >= 0.6 is 0 Å². The summed E-state index contributed by atoms with van der Waals surface area (Å²) in [5, 5.41) is 0. The highest BCUT2D eigenvalue weighted by atomic mass is 16.7. The van der Waals surface area contributed by atoms with Gasteiger partial charge in [0, 0.05) is 11.8 Å². The molecule has 12 heavy (non-hydrogen) atoms. The van der Waals surface area contributed by atoms with Gasteiger partial charge in [-0.1, -0.05) is 13.0 Å². The Morgan fingerprint density at radius 2 is 2.17 bits per heavy atom. The lowest BCUT2D eigenvalue weighted by molar-refractivity contribution is -0.125. The number of carbonyl (C=O) groups excluding carboxylic acids is 1. The molecule has 1 atom stereocenters. The van der Waals surface area contributed by atoms with Gasteiger partial charge in [-0.05, 0) is 0 Å². The first-order valence-corrected chi connectivity index (χ1v) is 4.03. The third-order valence-corrected chi connectivity index (χ3v) is 2.15. The third-order valence-electron chi connectivity index (χ3n) is 2.15. The molecule has 0 aromatic rings. The standard InChI is InChI=1S/C9H14O3/c1-3-9(2,4-5-10)8-11-6-7-12-8/h3,5,8H,1,4,6-7H2,2H3. The van der Waals surface area contributed by atoms with Crippen molar-refractivity contribution in [1.29, 1.82) is 0 Å². The molecule has 0 bridgehead atoms. The summed E-state index contributed by atoms with van der Waals surface area (Å²) in [6.45, 7) is 6.79. The molecule has 0 aliphatic carbocycles. The van der Waals surface area contributed by atoms with Gasteiger partial charge >= 0.3 is 0 Å². The van der Waals surface area contributed by atoms with Gasteiger partial charge in [0.2, 0.25) is 0 Å². The highest BCUT2D eigenvalue weighted by molar-refractivity contribution is 5.51. The smallest absolute Gasteiger partial charge is 0.166 e. The lowest BCUT2D eigenvalue weighted by atomic mass is 9.87. The molecule has 0 spiro atoms. The first-order chi connectivity index (χ1) is 5.73. The van der Waals surface area contributed by atoms with Gasteiger partial charge in [0.25, 0.3) is 0 Å². The largest absolute Gasteiger partial charge is 0.349 e. The van der Waals surface area contributed by atoms with Crippen molar-refractivity contribution in [3.05, 3.63) is 12.7 Å². The molecule has 1 fully saturated rings. The Labute approximate surface area is 72.4 Å². The molecule has 1 aliphatic heterocycles. The fraction of sp³-hybridized carbons (Fsp3) is 0.667. The minimum Gasteiger partial charge on any atom is -0.349 e. The van der Waals surface area contributed by atoms with Gasteiger partial charge in [-0.25, -0.2) is 0 Å². The number of hydrogen-bond acceptors (Lipinski definition) is 3. The summed E-state index contributed by atoms with van der Waals surface area (Å²) in [6.07, 6.45) is 2.67. The van der Waals surface area contributed by atoms with Crippen LogP contribution in [0, 0.1) is 5.41 Å². The van der Waals surface area contributed by atoms with E-state index in [0.717, 1.165) is 6.29 Å². The average Bonchev–Trinajstić information content (AvgIpc) is 2.57. The van der Waals surface area contributed by atoms with E-state index in [0.29, 0.717) is 19.6 Å². The van der Waals surface area contributed by atoms with Crippen LogP contribution in [0.5, 0.6) is 0 Å². The molecule has 1 heterocycles. The van der Waals surface area contributed by atoms with Crippen LogP contribution in [0.4, 0.5) is 0 Å². The minimum atomic E-state index is -0.377. The topological polar surface area (TPSA) is 35.5 Å². The van der Waals surface area contributed by atoms with Gasteiger partial charge in [-0.15, -0.1) is 6.58 Å². The van der Waals surface area contributed by atoms with Gasteiger partial charge in [-0.2, -0.15) is 0 Å². The maximum Gasteiger partial charge on any atom is 0.166 e. The quantitative estimate of drug-likeness (QED) is 0.469. The van der Waals surface area contributed by atoms with Gasteiger partial charge in [-0.3, -0.25) is 0 Å². The van der Waals surface area contributed by atoms with Crippen LogP contribution in [0.1, 0.15) is 13.3 Å². The Balaban J connectivity index is 2.62. The number of aldehydes is 1. The lowest BCUT2D eigenvalue weighted by Gasteiger charge is -2.28. The minimum absolute atomic E-state index is 0.305. The average molecular weight is 170 g/mol. The summed E-state index contributed by atoms with van der Waals surface area (Å²) >= 11 is 0. The summed E-state index contributed by atoms with van der Waals surface area (Å²) in [7, 11) is 0. The van der Waals surface area contributed by atoms with Crippen molar-refractivity contribution < 1.29 is 14.3 Å². The molecule has 3 nitrogen and oxygen atoms in total. The number of hydrogen-bond donors (Lipinski definition) is 0. The molecule has 1 aliphatic rings. The highest BCUT2D eigenvalue weighted by Gasteiger charge is 2.35. The molecule has 0 radical (unpaired) electrons. The van der Waals surface area contributed by atoms with E-state index in [1.54, 1.807) is 6.08 Å². The Hall–Kier alpha value is -0.670. The summed E-state index contributed by atoms with van der Waals surface area (Å²) in [5.41, 5.74) is -0.377. The third kappa shape index (κ3) is 1.73. The maximum atomic E-state index is 10.4. The van der Waals surface area contributed by atoms with Gasteiger partial charge in [0.15, 0.2) is 6.29 Å². The molecule has 0 saturated carbocycles. The molecule has 68 valence electrons. The molecule has 1 rings (SSSR count). The Morgan fingerprint density at radius 1 is 1.58 bits per heavy atom. The van der Waals surface area contributed by atoms with E-state index in [1.807, 2.05) is 6.92 Å². The number of rotatable bonds is 4. The molecule has 1 saturated heterocycles. The molecule has 0 aromatic carbocycles. The van der Waals surface area contributed by atoms with Crippen molar-refractivity contribution in [3.8, 4) is 0 Å². The van der Waals surface area contributed by atoms with E-state index in [-0.39, 0.29) is 11.7 Å². The Bertz CT molecular complexity index is 173. The second-order valence-corrected chi connectivity index (χ2v) is 3.15. The van der Waals surface area contributed by atoms with Crippen molar-refractivity contribution >= 4 is 6.29 Å². The van der Waals surface area contributed by atoms with E-state index in [2.05, 4.69) is 6.58 Å². The first kappa shape index (κ1) is 9.42. The SMILES string of the molecule is C=CC(C)(CC=O)C1OCCO1. The number of ether oxygens (including phenoxy) is 2. The highest BCUT2D eigenvalue weighted by Crippen LogP contribution is 2.31. The molecule has 3 heteroatoms. The fourth-order valence-corrected chi connectivity index (χ4v) is 1.19. The van der Waals surface area contributed by atoms with Gasteiger partial charge < -0.3 is 14.3 Å². The zero-order valence-corrected chi connectivity index (χ0v) is 7.29. The van der Waals surface area contributed by atoms with Crippen LogP contribution in [-0.2, 0) is 14.3 Å². The van der Waals surface area contributed by atoms with Crippen molar-refractivity contribution in [2.45, 2.75) is 19.6 Å². The van der Waals surface area contributed by atoms with Gasteiger partial charge in [0.1, 0.15) is 6.29 Å². The van der Waals surface area contributed by atoms with E-state index < -0.39 is 0 Å². The van der Waals surface area contributed by atoms with Crippen molar-refractivity contribution in [3.63, 3.8) is 0 Å². The molecule has 0 N–H and O–H groups in total. The van der Waals surface area contributed by atoms with E-state index in [9.17, 15) is 4.79 Å². The summed E-state index contributed by atoms with van der Waals surface area (Å²) < 4.78 is 10.6. The maximum absolute atomic E-state index is 10.4. The number of carbonyl (C=O) groups is 1. The van der Waals surface area contributed by atoms with E-state index >= 15 is 0 Å². The first-order valence-electron chi connectivity index (χ1n) is 4.03. The van der Waals surface area contributed by atoms with E-state index in [4.69, 9.17) is 9.47 Å². The van der Waals surface area contributed by atoms with Crippen molar-refractivity contribution in [1.82, 2.24) is 0 Å². The molecule has 1 unspecified atom stereocenters. The second kappa shape index (κ2) is 3.83. The summed E-state index contributed by atoms with van der Waals surface area (Å²) in [6, 6.07) is 0. The molecular formula is C9H14O3. The normalized spacial score (nSPS) is 23.4. The molecule has 0 amide bonds. The molecule has 0 aromatic heterocycles. The van der Waals surface area contributed by atoms with Crippen LogP contribution in [0.15, 0.2) is 12.7 Å². The zero-order chi connectivity index (χ0) is 9.03. The predicted octanol–water partition coefficient (Wildman–Crippen LogP) is 1.14. The van der Waals surface area contributed by atoms with Crippen molar-refractivity contribution in [2.24, 2.45) is 5.41 Å². The zero-order valence-electron chi connectivity index (χ0n) is 7.29. The second-order valence-electron chi connectivity index (χ2n) is 3.15. The van der Waals surface area contributed by atoms with Crippen molar-refractivity contribution in [2.75, 3.05) is 13.2 Å². The predicted molar refractivity (Wildman–Crippen MR) is 44.7 cm³/mol. The van der Waals surface area contributed by atoms with E-state index in [1.165, 1.54) is 0 Å². The lowest BCUT2D eigenvalue weighted by Crippen LogP contribution is -2.31. The van der Waals surface area contributed by atoms with Crippen LogP contribution in [-0.4, -0.2) is 25.8 Å². The van der Waals surface area contributed by atoms with Gasteiger partial charge in [0.05, 0.1) is 13.2 Å². The van der Waals surface area contributed by atoms with Crippen LogP contribution in [0.25, 0.3) is 0 Å². The summed E-state index contributed by atoms with van der Waals surface area (Å²) in [5.74, 6) is 0. The van der Waals surface area contributed by atoms with Crippen LogP contribution in [0.2, 0.25) is 0 Å². The monoisotopic (exact) mass is 170 g/mol. The Morgan fingerprint density at radius 3 is 2.58 bits per heavy atom. The fourth-order valence-electron chi connectivity index (χ4n) is 1.19. The van der Waals surface area contributed by atoms with Crippen LogP contribution < -0.4 is 0 Å². The van der Waals surface area contributed by atoms with Crippen LogP contribution in [0.3, 0.4) is 0 Å². The Kier molecular flexibility index (Phi) is 3.00.